The first-order valence-electron chi connectivity index (χ1n) is 15.3. The molecule has 8 rings (SSSR count). The summed E-state index contributed by atoms with van der Waals surface area (Å²) in [5, 5.41) is 14.6. The van der Waals surface area contributed by atoms with Crippen LogP contribution in [0.3, 0.4) is 0 Å². The number of nitrogen functional groups attached to an aromatic ring is 1. The summed E-state index contributed by atoms with van der Waals surface area (Å²) in [7, 11) is 1.71. The number of nitriles is 1. The molecule has 10 nitrogen and oxygen atoms in total. The second kappa shape index (κ2) is 11.3. The normalized spacial score (nSPS) is 21.7. The zero-order valence-corrected chi connectivity index (χ0v) is 25.7. The van der Waals surface area contributed by atoms with Crippen molar-refractivity contribution in [3.05, 3.63) is 40.5 Å². The van der Waals surface area contributed by atoms with E-state index >= 15 is 8.78 Å². The van der Waals surface area contributed by atoms with Crippen molar-refractivity contribution in [2.24, 2.45) is 5.92 Å². The lowest BCUT2D eigenvalue weighted by molar-refractivity contribution is -0.0336. The van der Waals surface area contributed by atoms with Crippen LogP contribution in [-0.4, -0.2) is 80.0 Å². The quantitative estimate of drug-likeness (QED) is 0.307. The van der Waals surface area contributed by atoms with Crippen molar-refractivity contribution >= 4 is 43.1 Å². The van der Waals surface area contributed by atoms with Crippen molar-refractivity contribution in [1.82, 2.24) is 20.2 Å². The molecule has 4 aromatic rings. The molecule has 0 aliphatic carbocycles. The van der Waals surface area contributed by atoms with Gasteiger partial charge in [-0.25, -0.2) is 8.78 Å². The number of nitrogens with two attached hydrogens (primary N) is 1. The first-order valence-corrected chi connectivity index (χ1v) is 16.2. The number of aromatic nitrogens is 2. The van der Waals surface area contributed by atoms with Gasteiger partial charge in [0.2, 0.25) is 0 Å². The molecule has 2 aromatic carbocycles. The lowest BCUT2D eigenvalue weighted by Crippen LogP contribution is -2.52. The van der Waals surface area contributed by atoms with E-state index < -0.39 is 11.6 Å². The van der Waals surface area contributed by atoms with Crippen LogP contribution in [0.2, 0.25) is 0 Å². The average Bonchev–Trinajstić information content (AvgIpc) is 3.68. The number of fused-ring (bicyclic) bond motifs is 6. The van der Waals surface area contributed by atoms with E-state index in [-0.39, 0.29) is 58.6 Å². The molecule has 4 aliphatic rings. The van der Waals surface area contributed by atoms with Crippen LogP contribution in [-0.2, 0) is 22.7 Å². The van der Waals surface area contributed by atoms with Gasteiger partial charge in [-0.3, -0.25) is 4.90 Å². The molecule has 13 heteroatoms. The minimum atomic E-state index is -0.689. The third kappa shape index (κ3) is 4.70. The summed E-state index contributed by atoms with van der Waals surface area (Å²) in [4.78, 5) is 14.0. The van der Waals surface area contributed by atoms with Crippen molar-refractivity contribution in [3.63, 3.8) is 0 Å². The number of halogens is 2. The van der Waals surface area contributed by atoms with Gasteiger partial charge in [-0.15, -0.1) is 11.3 Å². The Morgan fingerprint density at radius 2 is 2.00 bits per heavy atom. The highest BCUT2D eigenvalue weighted by molar-refractivity contribution is 7.23. The van der Waals surface area contributed by atoms with E-state index in [0.717, 1.165) is 51.1 Å². The van der Waals surface area contributed by atoms with E-state index in [0.29, 0.717) is 45.9 Å². The van der Waals surface area contributed by atoms with Crippen LogP contribution in [0.4, 0.5) is 19.6 Å². The van der Waals surface area contributed by atoms with Gasteiger partial charge in [-0.1, -0.05) is 0 Å². The molecule has 3 fully saturated rings. The summed E-state index contributed by atoms with van der Waals surface area (Å²) in [5.74, 6) is -0.216. The zero-order chi connectivity index (χ0) is 30.8. The second-order valence-corrected chi connectivity index (χ2v) is 13.4. The Labute approximate surface area is 262 Å². The van der Waals surface area contributed by atoms with E-state index in [2.05, 4.69) is 26.2 Å². The molecule has 2 bridgehead atoms. The van der Waals surface area contributed by atoms with Crippen LogP contribution in [0.5, 0.6) is 6.01 Å². The van der Waals surface area contributed by atoms with Crippen LogP contribution in [0.25, 0.3) is 32.1 Å². The highest BCUT2D eigenvalue weighted by atomic mass is 32.1. The van der Waals surface area contributed by atoms with Gasteiger partial charge in [0.05, 0.1) is 30.3 Å². The Kier molecular flexibility index (Phi) is 7.22. The molecule has 3 N–H and O–H groups in total. The number of hydrogen-bond donors (Lipinski definition) is 2. The minimum absolute atomic E-state index is 0.00368. The molecule has 0 radical (unpaired) electrons. The molecule has 6 heterocycles. The Morgan fingerprint density at radius 3 is 2.82 bits per heavy atom. The molecular weight excluding hydrogens is 600 g/mol. The summed E-state index contributed by atoms with van der Waals surface area (Å²) < 4.78 is 51.1. The molecule has 2 unspecified atom stereocenters. The predicted octanol–water partition coefficient (Wildman–Crippen LogP) is 4.17. The maximum Gasteiger partial charge on any atom is 0.319 e. The SMILES string of the molecule is COC1CN(CCOc2nc(N3CC4CCNCC3C4)c3c4c(c(-c5c(F)ccc6sc(N)c(C#N)c56)c(F)c3n2)COC4)C1. The fraction of sp³-hybridized carbons (Fsp3) is 0.469. The van der Waals surface area contributed by atoms with Gasteiger partial charge < -0.3 is 30.2 Å². The van der Waals surface area contributed by atoms with Gasteiger partial charge >= 0.3 is 6.01 Å². The topological polar surface area (TPSA) is 122 Å². The molecule has 0 saturated carbocycles. The summed E-state index contributed by atoms with van der Waals surface area (Å²) in [6.45, 7) is 5.52. The van der Waals surface area contributed by atoms with Gasteiger partial charge in [-0.05, 0) is 48.6 Å². The molecule has 2 atom stereocenters. The molecule has 0 spiro atoms. The van der Waals surface area contributed by atoms with Crippen molar-refractivity contribution < 1.29 is 23.0 Å². The number of benzene rings is 2. The standard InChI is InChI=1S/C32H33F2N7O3S/c1-42-18-12-40(13-18)6-7-44-32-38-29-26(31(39-32)41-11-16-4-5-37-10-17(41)8-16)21-15-43-14-20(21)25(28(29)34)27-22(33)2-3-23-24(27)19(9-35)30(36)45-23/h2-3,16-18,37H,4-8,10-15,36H2,1H3. The highest BCUT2D eigenvalue weighted by Crippen LogP contribution is 2.48. The fourth-order valence-electron chi connectivity index (χ4n) is 7.44. The maximum absolute atomic E-state index is 17.2. The number of anilines is 2. The molecule has 3 saturated heterocycles. The van der Waals surface area contributed by atoms with E-state index in [4.69, 9.17) is 24.9 Å². The monoisotopic (exact) mass is 633 g/mol. The zero-order valence-electron chi connectivity index (χ0n) is 24.9. The van der Waals surface area contributed by atoms with Crippen LogP contribution < -0.4 is 20.7 Å². The van der Waals surface area contributed by atoms with Crippen LogP contribution in [0.1, 0.15) is 29.5 Å². The maximum atomic E-state index is 17.2. The number of ether oxygens (including phenoxy) is 3. The molecule has 2 aromatic heterocycles. The number of hydrogen-bond acceptors (Lipinski definition) is 11. The lowest BCUT2D eigenvalue weighted by Gasteiger charge is -2.37. The molecule has 45 heavy (non-hydrogen) atoms. The van der Waals surface area contributed by atoms with Gasteiger partial charge in [-0.2, -0.15) is 15.2 Å². The van der Waals surface area contributed by atoms with Crippen molar-refractivity contribution in [2.45, 2.75) is 38.2 Å². The molecule has 234 valence electrons. The highest BCUT2D eigenvalue weighted by Gasteiger charge is 2.38. The summed E-state index contributed by atoms with van der Waals surface area (Å²) >= 11 is 1.18. The van der Waals surface area contributed by atoms with E-state index in [1.165, 1.54) is 17.4 Å². The first-order chi connectivity index (χ1) is 21.9. The predicted molar refractivity (Wildman–Crippen MR) is 167 cm³/mol. The lowest BCUT2D eigenvalue weighted by atomic mass is 9.90. The Bertz CT molecular complexity index is 1870. The fourth-order valence-corrected chi connectivity index (χ4v) is 8.36. The van der Waals surface area contributed by atoms with Crippen molar-refractivity contribution in [3.8, 4) is 23.2 Å². The number of likely N-dealkylation sites (tertiary alicyclic amines) is 1. The van der Waals surface area contributed by atoms with Crippen LogP contribution in [0.15, 0.2) is 12.1 Å². The summed E-state index contributed by atoms with van der Waals surface area (Å²) in [6, 6.07) is 5.24. The largest absolute Gasteiger partial charge is 0.462 e. The Hall–Kier alpha value is -3.67. The third-order valence-electron chi connectivity index (χ3n) is 9.73. The van der Waals surface area contributed by atoms with Gasteiger partial charge in [0.15, 0.2) is 5.82 Å². The van der Waals surface area contributed by atoms with E-state index in [9.17, 15) is 5.26 Å². The Balaban J connectivity index is 1.31. The van der Waals surface area contributed by atoms with E-state index in [1.54, 1.807) is 13.2 Å². The van der Waals surface area contributed by atoms with Gasteiger partial charge in [0.25, 0.3) is 0 Å². The number of thiophene rings is 1. The van der Waals surface area contributed by atoms with Crippen LogP contribution >= 0.6 is 11.3 Å². The summed E-state index contributed by atoms with van der Waals surface area (Å²) in [5.41, 5.74) is 7.69. The minimum Gasteiger partial charge on any atom is -0.462 e. The summed E-state index contributed by atoms with van der Waals surface area (Å²) in [6.07, 6.45) is 2.31. The Morgan fingerprint density at radius 1 is 1.16 bits per heavy atom. The average molecular weight is 634 g/mol. The van der Waals surface area contributed by atoms with Gasteiger partial charge in [0, 0.05) is 67.1 Å². The molecular formula is C32H33F2N7O3S. The molecule has 4 aliphatic heterocycles. The van der Waals surface area contributed by atoms with Crippen LogP contribution in [0, 0.1) is 28.9 Å². The third-order valence-corrected chi connectivity index (χ3v) is 10.7. The molecule has 0 amide bonds. The van der Waals surface area contributed by atoms with Gasteiger partial charge in [0.1, 0.15) is 34.8 Å². The van der Waals surface area contributed by atoms with Crippen molar-refractivity contribution in [1.29, 1.82) is 5.26 Å². The number of methoxy groups -OCH3 is 1. The first kappa shape index (κ1) is 28.8. The number of nitrogens with zero attached hydrogens (tertiary/aromatic N) is 5. The number of nitrogens with one attached hydrogen (secondary N) is 1. The smallest absolute Gasteiger partial charge is 0.319 e. The van der Waals surface area contributed by atoms with E-state index in [1.807, 2.05) is 0 Å². The van der Waals surface area contributed by atoms with Crippen molar-refractivity contribution in [2.75, 3.05) is 63.6 Å². The number of rotatable bonds is 7. The second-order valence-electron chi connectivity index (χ2n) is 12.3.